The lowest BCUT2D eigenvalue weighted by Crippen LogP contribution is -2.40. The molecule has 1 aromatic rings. The van der Waals surface area contributed by atoms with E-state index in [0.29, 0.717) is 12.0 Å². The molecule has 0 saturated carbocycles. The van der Waals surface area contributed by atoms with Crippen LogP contribution in [0.25, 0.3) is 0 Å². The number of aliphatic carboxylic acids is 1. The third kappa shape index (κ3) is 3.66. The summed E-state index contributed by atoms with van der Waals surface area (Å²) in [6.45, 7) is 1.99. The zero-order chi connectivity index (χ0) is 12.0. The van der Waals surface area contributed by atoms with Crippen LogP contribution < -0.4 is 5.32 Å². The lowest BCUT2D eigenvalue weighted by Gasteiger charge is -2.13. The average molecular weight is 241 g/mol. The molecule has 0 saturated heterocycles. The SMILES string of the molecule is CCCC[C@H](NC(=O)c1ccsc1)C(=O)O. The highest BCUT2D eigenvalue weighted by Crippen LogP contribution is 2.07. The Morgan fingerprint density at radius 2 is 2.31 bits per heavy atom. The molecule has 0 bridgehead atoms. The van der Waals surface area contributed by atoms with Crippen molar-refractivity contribution in [3.05, 3.63) is 22.4 Å². The minimum Gasteiger partial charge on any atom is -0.480 e. The number of amides is 1. The fraction of sp³-hybridized carbons (Fsp3) is 0.455. The summed E-state index contributed by atoms with van der Waals surface area (Å²) in [7, 11) is 0. The van der Waals surface area contributed by atoms with E-state index in [-0.39, 0.29) is 5.91 Å². The normalized spacial score (nSPS) is 12.1. The molecule has 0 aliphatic heterocycles. The molecule has 1 rings (SSSR count). The number of hydrogen-bond donors (Lipinski definition) is 2. The van der Waals surface area contributed by atoms with E-state index in [1.807, 2.05) is 6.92 Å². The van der Waals surface area contributed by atoms with Crippen molar-refractivity contribution in [1.82, 2.24) is 5.32 Å². The summed E-state index contributed by atoms with van der Waals surface area (Å²) < 4.78 is 0. The minimum atomic E-state index is -0.975. The highest BCUT2D eigenvalue weighted by Gasteiger charge is 2.19. The topological polar surface area (TPSA) is 66.4 Å². The lowest BCUT2D eigenvalue weighted by molar-refractivity contribution is -0.139. The Labute approximate surface area is 98.3 Å². The van der Waals surface area contributed by atoms with Gasteiger partial charge in [-0.05, 0) is 17.9 Å². The van der Waals surface area contributed by atoms with Crippen molar-refractivity contribution in [2.45, 2.75) is 32.2 Å². The van der Waals surface area contributed by atoms with Crippen LogP contribution in [0.5, 0.6) is 0 Å². The Kier molecular flexibility index (Phi) is 4.98. The maximum Gasteiger partial charge on any atom is 0.326 e. The van der Waals surface area contributed by atoms with Crippen LogP contribution in [0.4, 0.5) is 0 Å². The second-order valence-corrected chi connectivity index (χ2v) is 4.30. The summed E-state index contributed by atoms with van der Waals surface area (Å²) in [5, 5.41) is 14.9. The van der Waals surface area contributed by atoms with Gasteiger partial charge in [-0.2, -0.15) is 11.3 Å². The molecule has 0 aliphatic carbocycles. The zero-order valence-electron chi connectivity index (χ0n) is 9.10. The van der Waals surface area contributed by atoms with Gasteiger partial charge in [-0.15, -0.1) is 0 Å². The van der Waals surface area contributed by atoms with E-state index in [2.05, 4.69) is 5.32 Å². The third-order valence-electron chi connectivity index (χ3n) is 2.23. The molecule has 0 radical (unpaired) electrons. The number of carbonyl (C=O) groups excluding carboxylic acids is 1. The first-order valence-electron chi connectivity index (χ1n) is 5.21. The van der Waals surface area contributed by atoms with E-state index in [9.17, 15) is 9.59 Å². The molecule has 88 valence electrons. The summed E-state index contributed by atoms with van der Waals surface area (Å²) in [5.41, 5.74) is 0.521. The van der Waals surface area contributed by atoms with E-state index >= 15 is 0 Å². The van der Waals surface area contributed by atoms with Gasteiger partial charge in [-0.25, -0.2) is 4.79 Å². The van der Waals surface area contributed by atoms with Gasteiger partial charge < -0.3 is 10.4 Å². The second-order valence-electron chi connectivity index (χ2n) is 3.52. The van der Waals surface area contributed by atoms with Gasteiger partial charge in [-0.3, -0.25) is 4.79 Å². The number of rotatable bonds is 6. The Hall–Kier alpha value is -1.36. The summed E-state index contributed by atoms with van der Waals surface area (Å²) >= 11 is 1.41. The Balaban J connectivity index is 2.54. The van der Waals surface area contributed by atoms with Gasteiger partial charge in [0.1, 0.15) is 6.04 Å². The second kappa shape index (κ2) is 6.27. The van der Waals surface area contributed by atoms with Crippen molar-refractivity contribution in [3.63, 3.8) is 0 Å². The van der Waals surface area contributed by atoms with Gasteiger partial charge in [-0.1, -0.05) is 19.8 Å². The van der Waals surface area contributed by atoms with Gasteiger partial charge in [0.2, 0.25) is 0 Å². The number of carboxylic acid groups (broad SMARTS) is 1. The molecule has 1 aromatic heterocycles. The van der Waals surface area contributed by atoms with Gasteiger partial charge >= 0.3 is 5.97 Å². The molecular weight excluding hydrogens is 226 g/mol. The van der Waals surface area contributed by atoms with Crippen LogP contribution in [0.2, 0.25) is 0 Å². The number of nitrogens with one attached hydrogen (secondary N) is 1. The number of thiophene rings is 1. The molecule has 1 heterocycles. The van der Waals surface area contributed by atoms with Crippen LogP contribution in [0, 0.1) is 0 Å². The first-order chi connectivity index (χ1) is 7.65. The predicted molar refractivity (Wildman–Crippen MR) is 62.7 cm³/mol. The Bertz CT molecular complexity index is 348. The van der Waals surface area contributed by atoms with Gasteiger partial charge in [0.05, 0.1) is 5.56 Å². The van der Waals surface area contributed by atoms with Gasteiger partial charge in [0.15, 0.2) is 0 Å². The van der Waals surface area contributed by atoms with Crippen molar-refractivity contribution in [2.75, 3.05) is 0 Å². The number of hydrogen-bond acceptors (Lipinski definition) is 3. The Morgan fingerprint density at radius 1 is 1.56 bits per heavy atom. The highest BCUT2D eigenvalue weighted by atomic mass is 32.1. The largest absolute Gasteiger partial charge is 0.480 e. The van der Waals surface area contributed by atoms with E-state index in [0.717, 1.165) is 12.8 Å². The average Bonchev–Trinajstić information content (AvgIpc) is 2.76. The van der Waals surface area contributed by atoms with Crippen molar-refractivity contribution < 1.29 is 14.7 Å². The molecule has 5 heteroatoms. The summed E-state index contributed by atoms with van der Waals surface area (Å²) in [5.74, 6) is -1.29. The smallest absolute Gasteiger partial charge is 0.326 e. The molecule has 2 N–H and O–H groups in total. The molecule has 0 aliphatic rings. The van der Waals surface area contributed by atoms with Crippen LogP contribution in [-0.4, -0.2) is 23.0 Å². The van der Waals surface area contributed by atoms with Crippen molar-refractivity contribution in [3.8, 4) is 0 Å². The summed E-state index contributed by atoms with van der Waals surface area (Å²) in [4.78, 5) is 22.5. The quantitative estimate of drug-likeness (QED) is 0.801. The molecule has 1 atom stereocenters. The first kappa shape index (κ1) is 12.7. The lowest BCUT2D eigenvalue weighted by atomic mass is 10.1. The molecule has 16 heavy (non-hydrogen) atoms. The van der Waals surface area contributed by atoms with Crippen molar-refractivity contribution in [1.29, 1.82) is 0 Å². The van der Waals surface area contributed by atoms with E-state index in [1.165, 1.54) is 11.3 Å². The third-order valence-corrected chi connectivity index (χ3v) is 2.92. The summed E-state index contributed by atoms with van der Waals surface area (Å²) in [6.07, 6.45) is 2.18. The molecule has 4 nitrogen and oxygen atoms in total. The fourth-order valence-corrected chi connectivity index (χ4v) is 1.94. The number of carboxylic acids is 1. The maximum absolute atomic E-state index is 11.6. The van der Waals surface area contributed by atoms with Crippen LogP contribution >= 0.6 is 11.3 Å². The van der Waals surface area contributed by atoms with Gasteiger partial charge in [0, 0.05) is 5.38 Å². The number of carbonyl (C=O) groups is 2. The first-order valence-corrected chi connectivity index (χ1v) is 6.15. The minimum absolute atomic E-state index is 0.315. The van der Waals surface area contributed by atoms with Crippen molar-refractivity contribution >= 4 is 23.2 Å². The van der Waals surface area contributed by atoms with Crippen molar-refractivity contribution in [2.24, 2.45) is 0 Å². The number of unbranched alkanes of at least 4 members (excludes halogenated alkanes) is 1. The molecular formula is C11H15NO3S. The Morgan fingerprint density at radius 3 is 2.81 bits per heavy atom. The van der Waals surface area contributed by atoms with E-state index in [4.69, 9.17) is 5.11 Å². The highest BCUT2D eigenvalue weighted by molar-refractivity contribution is 7.08. The zero-order valence-corrected chi connectivity index (χ0v) is 9.92. The molecule has 1 amide bonds. The van der Waals surface area contributed by atoms with E-state index in [1.54, 1.807) is 16.8 Å². The monoisotopic (exact) mass is 241 g/mol. The van der Waals surface area contributed by atoms with Crippen LogP contribution in [0.15, 0.2) is 16.8 Å². The summed E-state index contributed by atoms with van der Waals surface area (Å²) in [6, 6.07) is 0.894. The molecule has 0 unspecified atom stereocenters. The maximum atomic E-state index is 11.6. The van der Waals surface area contributed by atoms with Gasteiger partial charge in [0.25, 0.3) is 5.91 Å². The predicted octanol–water partition coefficient (Wildman–Crippen LogP) is 2.12. The van der Waals surface area contributed by atoms with Crippen LogP contribution in [0.3, 0.4) is 0 Å². The van der Waals surface area contributed by atoms with Crippen LogP contribution in [0.1, 0.15) is 36.5 Å². The fourth-order valence-electron chi connectivity index (χ4n) is 1.30. The molecule has 0 aromatic carbocycles. The van der Waals surface area contributed by atoms with Crippen LogP contribution in [-0.2, 0) is 4.79 Å². The molecule has 0 spiro atoms. The molecule has 0 fully saturated rings. The standard InChI is InChI=1S/C11H15NO3S/c1-2-3-4-9(11(14)15)12-10(13)8-5-6-16-7-8/h5-7,9H,2-4H2,1H3,(H,12,13)(H,14,15)/t9-/m0/s1. The van der Waals surface area contributed by atoms with E-state index < -0.39 is 12.0 Å².